The molecule has 0 N–H and O–H groups in total. The Morgan fingerprint density at radius 3 is 2.96 bits per heavy atom. The number of piperidine rings is 1. The second-order valence-corrected chi connectivity index (χ2v) is 6.64. The zero-order chi connectivity index (χ0) is 16.1. The SMILES string of the molecule is CC(C)Oc1ccccc1CN1CCCC(Cn2cncn2)C1. The average Bonchev–Trinajstić information content (AvgIpc) is 3.02. The highest BCUT2D eigenvalue weighted by Gasteiger charge is 2.21. The van der Waals surface area contributed by atoms with Crippen LogP contribution >= 0.6 is 0 Å². The van der Waals surface area contributed by atoms with Gasteiger partial charge in [-0.25, -0.2) is 4.98 Å². The van der Waals surface area contributed by atoms with E-state index >= 15 is 0 Å². The number of para-hydroxylation sites is 1. The van der Waals surface area contributed by atoms with Crippen LogP contribution in [0, 0.1) is 5.92 Å². The highest BCUT2D eigenvalue weighted by Crippen LogP contribution is 2.24. The van der Waals surface area contributed by atoms with Gasteiger partial charge < -0.3 is 4.74 Å². The molecule has 1 fully saturated rings. The molecule has 124 valence electrons. The largest absolute Gasteiger partial charge is 0.491 e. The third-order valence-electron chi connectivity index (χ3n) is 4.24. The molecule has 3 rings (SSSR count). The fourth-order valence-electron chi connectivity index (χ4n) is 3.28. The molecule has 0 bridgehead atoms. The summed E-state index contributed by atoms with van der Waals surface area (Å²) in [5.41, 5.74) is 1.28. The molecule has 2 aromatic rings. The van der Waals surface area contributed by atoms with Gasteiger partial charge in [0.15, 0.2) is 0 Å². The summed E-state index contributed by atoms with van der Waals surface area (Å²) in [5, 5.41) is 4.23. The molecule has 0 aliphatic carbocycles. The number of rotatable bonds is 6. The van der Waals surface area contributed by atoms with Gasteiger partial charge in [-0.1, -0.05) is 18.2 Å². The van der Waals surface area contributed by atoms with E-state index in [9.17, 15) is 0 Å². The minimum absolute atomic E-state index is 0.206. The lowest BCUT2D eigenvalue weighted by atomic mass is 9.97. The van der Waals surface area contributed by atoms with Crippen LogP contribution in [0.3, 0.4) is 0 Å². The van der Waals surface area contributed by atoms with Crippen molar-refractivity contribution in [2.45, 2.75) is 45.9 Å². The van der Waals surface area contributed by atoms with Crippen molar-refractivity contribution in [3.05, 3.63) is 42.5 Å². The maximum atomic E-state index is 5.95. The van der Waals surface area contributed by atoms with Gasteiger partial charge in [0.2, 0.25) is 0 Å². The fourth-order valence-corrected chi connectivity index (χ4v) is 3.28. The highest BCUT2D eigenvalue weighted by atomic mass is 16.5. The molecule has 0 spiro atoms. The monoisotopic (exact) mass is 314 g/mol. The number of nitrogens with zero attached hydrogens (tertiary/aromatic N) is 4. The average molecular weight is 314 g/mol. The van der Waals surface area contributed by atoms with Crippen molar-refractivity contribution in [2.75, 3.05) is 13.1 Å². The second-order valence-electron chi connectivity index (χ2n) is 6.64. The molecule has 1 unspecified atom stereocenters. The first-order chi connectivity index (χ1) is 11.2. The quantitative estimate of drug-likeness (QED) is 0.822. The molecular weight excluding hydrogens is 288 g/mol. The molecule has 5 nitrogen and oxygen atoms in total. The second kappa shape index (κ2) is 7.59. The van der Waals surface area contributed by atoms with Crippen molar-refractivity contribution in [1.29, 1.82) is 0 Å². The van der Waals surface area contributed by atoms with E-state index in [0.717, 1.165) is 31.9 Å². The summed E-state index contributed by atoms with van der Waals surface area (Å²) < 4.78 is 7.90. The van der Waals surface area contributed by atoms with Gasteiger partial charge >= 0.3 is 0 Å². The summed E-state index contributed by atoms with van der Waals surface area (Å²) in [6.07, 6.45) is 6.13. The Bertz CT molecular complexity index is 597. The van der Waals surface area contributed by atoms with Gasteiger partial charge in [0.05, 0.1) is 6.10 Å². The molecule has 23 heavy (non-hydrogen) atoms. The van der Waals surface area contributed by atoms with Crippen molar-refractivity contribution < 1.29 is 4.74 Å². The van der Waals surface area contributed by atoms with Gasteiger partial charge in [-0.2, -0.15) is 5.10 Å². The van der Waals surface area contributed by atoms with Gasteiger partial charge in [0.25, 0.3) is 0 Å². The molecule has 1 aromatic heterocycles. The van der Waals surface area contributed by atoms with Crippen molar-refractivity contribution in [2.24, 2.45) is 5.92 Å². The molecule has 1 aliphatic heterocycles. The summed E-state index contributed by atoms with van der Waals surface area (Å²) in [7, 11) is 0. The summed E-state index contributed by atoms with van der Waals surface area (Å²) in [5.74, 6) is 1.66. The van der Waals surface area contributed by atoms with Crippen LogP contribution in [0.5, 0.6) is 5.75 Å². The lowest BCUT2D eigenvalue weighted by molar-refractivity contribution is 0.150. The van der Waals surface area contributed by atoms with Crippen LogP contribution < -0.4 is 4.74 Å². The highest BCUT2D eigenvalue weighted by molar-refractivity contribution is 5.33. The maximum Gasteiger partial charge on any atom is 0.137 e. The van der Waals surface area contributed by atoms with Crippen LogP contribution in [-0.2, 0) is 13.1 Å². The van der Waals surface area contributed by atoms with E-state index in [1.807, 2.05) is 17.1 Å². The lowest BCUT2D eigenvalue weighted by Crippen LogP contribution is -2.36. The van der Waals surface area contributed by atoms with E-state index in [1.165, 1.54) is 18.4 Å². The predicted molar refractivity (Wildman–Crippen MR) is 90.2 cm³/mol. The number of hydrogen-bond donors (Lipinski definition) is 0. The van der Waals surface area contributed by atoms with Gasteiger partial charge in [-0.05, 0) is 45.2 Å². The van der Waals surface area contributed by atoms with Crippen LogP contribution in [-0.4, -0.2) is 38.9 Å². The number of aromatic nitrogens is 3. The van der Waals surface area contributed by atoms with Crippen LogP contribution in [0.1, 0.15) is 32.3 Å². The number of benzene rings is 1. The van der Waals surface area contributed by atoms with E-state index in [1.54, 1.807) is 6.33 Å². The molecule has 5 heteroatoms. The Kier molecular flexibility index (Phi) is 5.28. The van der Waals surface area contributed by atoms with Crippen molar-refractivity contribution >= 4 is 0 Å². The minimum Gasteiger partial charge on any atom is -0.491 e. The van der Waals surface area contributed by atoms with Crippen LogP contribution in [0.2, 0.25) is 0 Å². The molecule has 1 aliphatic rings. The predicted octanol–water partition coefficient (Wildman–Crippen LogP) is 2.98. The molecule has 1 atom stereocenters. The molecule has 1 saturated heterocycles. The summed E-state index contributed by atoms with van der Waals surface area (Å²) in [4.78, 5) is 6.57. The molecular formula is C18H26N4O. The van der Waals surface area contributed by atoms with Crippen LogP contribution in [0.15, 0.2) is 36.9 Å². The van der Waals surface area contributed by atoms with Crippen LogP contribution in [0.4, 0.5) is 0 Å². The molecule has 2 heterocycles. The smallest absolute Gasteiger partial charge is 0.137 e. The number of likely N-dealkylation sites (tertiary alicyclic amines) is 1. The Balaban J connectivity index is 1.61. The standard InChI is InChI=1S/C18H26N4O/c1-15(2)23-18-8-4-3-7-17(18)12-21-9-5-6-16(10-21)11-22-14-19-13-20-22/h3-4,7-8,13-16H,5-6,9-12H2,1-2H3. The normalized spacial score (nSPS) is 19.2. The summed E-state index contributed by atoms with van der Waals surface area (Å²) in [6.45, 7) is 8.33. The number of ether oxygens (including phenoxy) is 1. The van der Waals surface area contributed by atoms with Gasteiger partial charge in [0, 0.05) is 25.2 Å². The topological polar surface area (TPSA) is 43.2 Å². The Morgan fingerprint density at radius 2 is 2.17 bits per heavy atom. The summed E-state index contributed by atoms with van der Waals surface area (Å²) in [6, 6.07) is 8.40. The summed E-state index contributed by atoms with van der Waals surface area (Å²) >= 11 is 0. The van der Waals surface area contributed by atoms with E-state index < -0.39 is 0 Å². The zero-order valence-corrected chi connectivity index (χ0v) is 14.1. The lowest BCUT2D eigenvalue weighted by Gasteiger charge is -2.33. The third kappa shape index (κ3) is 4.55. The first-order valence-electron chi connectivity index (χ1n) is 8.50. The van der Waals surface area contributed by atoms with Crippen LogP contribution in [0.25, 0.3) is 0 Å². The maximum absolute atomic E-state index is 5.95. The van der Waals surface area contributed by atoms with Crippen molar-refractivity contribution in [3.8, 4) is 5.75 Å². The number of hydrogen-bond acceptors (Lipinski definition) is 4. The first-order valence-corrected chi connectivity index (χ1v) is 8.50. The molecule has 0 amide bonds. The van der Waals surface area contributed by atoms with E-state index in [0.29, 0.717) is 5.92 Å². The Labute approximate surface area is 138 Å². The fraction of sp³-hybridized carbons (Fsp3) is 0.556. The molecule has 1 aromatic carbocycles. The van der Waals surface area contributed by atoms with E-state index in [2.05, 4.69) is 47.0 Å². The van der Waals surface area contributed by atoms with Gasteiger partial charge in [-0.3, -0.25) is 9.58 Å². The minimum atomic E-state index is 0.206. The Morgan fingerprint density at radius 1 is 1.30 bits per heavy atom. The van der Waals surface area contributed by atoms with E-state index in [-0.39, 0.29) is 6.10 Å². The molecule has 0 saturated carbocycles. The Hall–Kier alpha value is -1.88. The first kappa shape index (κ1) is 16.0. The molecule has 0 radical (unpaired) electrons. The van der Waals surface area contributed by atoms with Gasteiger partial charge in [0.1, 0.15) is 18.4 Å². The van der Waals surface area contributed by atoms with Crippen molar-refractivity contribution in [1.82, 2.24) is 19.7 Å². The van der Waals surface area contributed by atoms with Crippen molar-refractivity contribution in [3.63, 3.8) is 0 Å². The van der Waals surface area contributed by atoms with E-state index in [4.69, 9.17) is 4.74 Å². The van der Waals surface area contributed by atoms with Gasteiger partial charge in [-0.15, -0.1) is 0 Å². The third-order valence-corrected chi connectivity index (χ3v) is 4.24. The zero-order valence-electron chi connectivity index (χ0n) is 14.1.